The highest BCUT2D eigenvalue weighted by Crippen LogP contribution is 2.22. The SMILES string of the molecule is Cc1cc(NC(=O)N2CC(CO)CCC2C)ccn1. The topological polar surface area (TPSA) is 65.5 Å². The molecule has 1 fully saturated rings. The van der Waals surface area contributed by atoms with E-state index in [0.717, 1.165) is 24.2 Å². The Hall–Kier alpha value is -1.62. The molecule has 5 heteroatoms. The second kappa shape index (κ2) is 6.02. The number of aliphatic hydroxyl groups is 1. The highest BCUT2D eigenvalue weighted by Gasteiger charge is 2.28. The molecule has 19 heavy (non-hydrogen) atoms. The number of piperidine rings is 1. The molecule has 0 aliphatic carbocycles. The smallest absolute Gasteiger partial charge is 0.322 e. The average molecular weight is 263 g/mol. The number of anilines is 1. The van der Waals surface area contributed by atoms with Crippen LogP contribution in [0.4, 0.5) is 10.5 Å². The predicted octanol–water partition coefficient (Wildman–Crippen LogP) is 2.01. The molecule has 1 aliphatic rings. The lowest BCUT2D eigenvalue weighted by Crippen LogP contribution is -2.48. The Morgan fingerprint density at radius 1 is 1.58 bits per heavy atom. The van der Waals surface area contributed by atoms with Crippen molar-refractivity contribution in [2.45, 2.75) is 32.7 Å². The van der Waals surface area contributed by atoms with Gasteiger partial charge in [-0.2, -0.15) is 0 Å². The van der Waals surface area contributed by atoms with E-state index in [1.165, 1.54) is 0 Å². The third kappa shape index (κ3) is 3.44. The van der Waals surface area contributed by atoms with E-state index in [2.05, 4.69) is 10.3 Å². The van der Waals surface area contributed by atoms with E-state index in [4.69, 9.17) is 0 Å². The Balaban J connectivity index is 2.02. The first kappa shape index (κ1) is 13.8. The molecule has 2 unspecified atom stereocenters. The predicted molar refractivity (Wildman–Crippen MR) is 74.0 cm³/mol. The van der Waals surface area contributed by atoms with Crippen molar-refractivity contribution in [3.8, 4) is 0 Å². The number of hydrogen-bond acceptors (Lipinski definition) is 3. The maximum Gasteiger partial charge on any atom is 0.322 e. The number of likely N-dealkylation sites (tertiary alicyclic amines) is 1. The van der Waals surface area contributed by atoms with E-state index in [1.807, 2.05) is 19.9 Å². The summed E-state index contributed by atoms with van der Waals surface area (Å²) in [5.74, 6) is 0.195. The Morgan fingerprint density at radius 3 is 3.05 bits per heavy atom. The van der Waals surface area contributed by atoms with Crippen LogP contribution in [0, 0.1) is 12.8 Å². The molecule has 0 bridgehead atoms. The Bertz CT molecular complexity index is 450. The third-order valence-electron chi connectivity index (χ3n) is 3.65. The fourth-order valence-electron chi connectivity index (χ4n) is 2.43. The van der Waals surface area contributed by atoms with Gasteiger partial charge in [-0.05, 0) is 44.7 Å². The number of aromatic nitrogens is 1. The summed E-state index contributed by atoms with van der Waals surface area (Å²) in [5.41, 5.74) is 1.63. The number of pyridine rings is 1. The third-order valence-corrected chi connectivity index (χ3v) is 3.65. The number of aliphatic hydroxyl groups excluding tert-OH is 1. The van der Waals surface area contributed by atoms with Gasteiger partial charge < -0.3 is 15.3 Å². The minimum atomic E-state index is -0.101. The number of urea groups is 1. The van der Waals surface area contributed by atoms with Crippen molar-refractivity contribution >= 4 is 11.7 Å². The number of carbonyl (C=O) groups excluding carboxylic acids is 1. The number of rotatable bonds is 2. The number of amides is 2. The first-order chi connectivity index (χ1) is 9.10. The van der Waals surface area contributed by atoms with E-state index < -0.39 is 0 Å². The van der Waals surface area contributed by atoms with Crippen LogP contribution in [-0.2, 0) is 0 Å². The number of nitrogens with zero attached hydrogens (tertiary/aromatic N) is 2. The standard InChI is InChI=1S/C14H21N3O2/c1-10-7-13(5-6-15-10)16-14(19)17-8-12(9-18)4-3-11(17)2/h5-7,11-12,18H,3-4,8-9H2,1-2H3,(H,15,16,19). The summed E-state index contributed by atoms with van der Waals surface area (Å²) in [6.45, 7) is 4.70. The van der Waals surface area contributed by atoms with Crippen molar-refractivity contribution in [2.24, 2.45) is 5.92 Å². The van der Waals surface area contributed by atoms with Crippen molar-refractivity contribution in [1.29, 1.82) is 0 Å². The molecule has 2 N–H and O–H groups in total. The van der Waals surface area contributed by atoms with Gasteiger partial charge in [0.05, 0.1) is 0 Å². The fourth-order valence-corrected chi connectivity index (χ4v) is 2.43. The lowest BCUT2D eigenvalue weighted by Gasteiger charge is -2.37. The van der Waals surface area contributed by atoms with Crippen LogP contribution >= 0.6 is 0 Å². The van der Waals surface area contributed by atoms with Gasteiger partial charge in [0.15, 0.2) is 0 Å². The fraction of sp³-hybridized carbons (Fsp3) is 0.571. The van der Waals surface area contributed by atoms with E-state index in [-0.39, 0.29) is 24.6 Å². The molecule has 0 saturated carbocycles. The van der Waals surface area contributed by atoms with Gasteiger partial charge in [0, 0.05) is 36.8 Å². The zero-order valence-corrected chi connectivity index (χ0v) is 11.5. The summed E-state index contributed by atoms with van der Waals surface area (Å²) >= 11 is 0. The summed E-state index contributed by atoms with van der Waals surface area (Å²) in [5, 5.41) is 12.1. The van der Waals surface area contributed by atoms with Gasteiger partial charge in [-0.3, -0.25) is 4.98 Å². The van der Waals surface area contributed by atoms with Crippen LogP contribution in [0.25, 0.3) is 0 Å². The molecule has 2 heterocycles. The van der Waals surface area contributed by atoms with Crippen LogP contribution in [0.2, 0.25) is 0 Å². The van der Waals surface area contributed by atoms with Crippen molar-refractivity contribution in [2.75, 3.05) is 18.5 Å². The van der Waals surface area contributed by atoms with Crippen LogP contribution < -0.4 is 5.32 Å². The number of carbonyl (C=O) groups is 1. The number of nitrogens with one attached hydrogen (secondary N) is 1. The van der Waals surface area contributed by atoms with Gasteiger partial charge in [-0.1, -0.05) is 0 Å². The lowest BCUT2D eigenvalue weighted by molar-refractivity contribution is 0.107. The highest BCUT2D eigenvalue weighted by atomic mass is 16.3. The molecule has 1 aromatic rings. The van der Waals surface area contributed by atoms with Crippen molar-refractivity contribution in [3.05, 3.63) is 24.0 Å². The van der Waals surface area contributed by atoms with Crippen LogP contribution in [-0.4, -0.2) is 40.2 Å². The number of hydrogen-bond donors (Lipinski definition) is 2. The maximum atomic E-state index is 12.3. The largest absolute Gasteiger partial charge is 0.396 e. The molecule has 2 rings (SSSR count). The molecule has 5 nitrogen and oxygen atoms in total. The molecular weight excluding hydrogens is 242 g/mol. The summed E-state index contributed by atoms with van der Waals surface area (Å²) in [7, 11) is 0. The van der Waals surface area contributed by atoms with E-state index in [9.17, 15) is 9.90 Å². The monoisotopic (exact) mass is 263 g/mol. The van der Waals surface area contributed by atoms with Gasteiger partial charge in [-0.25, -0.2) is 4.79 Å². The molecule has 2 amide bonds. The first-order valence-electron chi connectivity index (χ1n) is 6.71. The maximum absolute atomic E-state index is 12.3. The van der Waals surface area contributed by atoms with E-state index in [0.29, 0.717) is 6.54 Å². The van der Waals surface area contributed by atoms with Crippen molar-refractivity contribution in [1.82, 2.24) is 9.88 Å². The van der Waals surface area contributed by atoms with Gasteiger partial charge >= 0.3 is 6.03 Å². The lowest BCUT2D eigenvalue weighted by atomic mass is 9.94. The van der Waals surface area contributed by atoms with Gasteiger partial charge in [0.25, 0.3) is 0 Å². The number of aryl methyl sites for hydroxylation is 1. The summed E-state index contributed by atoms with van der Waals surface area (Å²) in [4.78, 5) is 18.2. The normalized spacial score (nSPS) is 23.2. The molecule has 1 aromatic heterocycles. The van der Waals surface area contributed by atoms with E-state index >= 15 is 0 Å². The minimum Gasteiger partial charge on any atom is -0.396 e. The zero-order chi connectivity index (χ0) is 13.8. The van der Waals surface area contributed by atoms with Gasteiger partial charge in [0.2, 0.25) is 0 Å². The summed E-state index contributed by atoms with van der Waals surface area (Å²) in [6, 6.07) is 3.74. The molecule has 2 atom stereocenters. The van der Waals surface area contributed by atoms with Crippen LogP contribution in [0.3, 0.4) is 0 Å². The van der Waals surface area contributed by atoms with Crippen LogP contribution in [0.15, 0.2) is 18.3 Å². The minimum absolute atomic E-state index is 0.101. The molecule has 0 spiro atoms. The Kier molecular flexibility index (Phi) is 4.37. The highest BCUT2D eigenvalue weighted by molar-refractivity contribution is 5.89. The molecule has 104 valence electrons. The van der Waals surface area contributed by atoms with Crippen molar-refractivity contribution < 1.29 is 9.90 Å². The quantitative estimate of drug-likeness (QED) is 0.858. The second-order valence-electron chi connectivity index (χ2n) is 5.24. The van der Waals surface area contributed by atoms with Crippen LogP contribution in [0.1, 0.15) is 25.5 Å². The Labute approximate surface area is 113 Å². The van der Waals surface area contributed by atoms with Gasteiger partial charge in [0.1, 0.15) is 0 Å². The summed E-state index contributed by atoms with van der Waals surface area (Å²) in [6.07, 6.45) is 3.60. The molecular formula is C14H21N3O2. The first-order valence-corrected chi connectivity index (χ1v) is 6.71. The van der Waals surface area contributed by atoms with Crippen LogP contribution in [0.5, 0.6) is 0 Å². The van der Waals surface area contributed by atoms with E-state index in [1.54, 1.807) is 17.2 Å². The second-order valence-corrected chi connectivity index (χ2v) is 5.24. The van der Waals surface area contributed by atoms with Crippen molar-refractivity contribution in [3.63, 3.8) is 0 Å². The Morgan fingerprint density at radius 2 is 2.37 bits per heavy atom. The molecule has 0 aromatic carbocycles. The molecule has 1 saturated heterocycles. The summed E-state index contributed by atoms with van der Waals surface area (Å²) < 4.78 is 0. The average Bonchev–Trinajstić information content (AvgIpc) is 2.39. The zero-order valence-electron chi connectivity index (χ0n) is 11.5. The molecule has 0 radical (unpaired) electrons. The molecule has 1 aliphatic heterocycles. The van der Waals surface area contributed by atoms with Gasteiger partial charge in [-0.15, -0.1) is 0 Å².